The first-order chi connectivity index (χ1) is 8.87. The third kappa shape index (κ3) is 3.54. The van der Waals surface area contributed by atoms with Gasteiger partial charge in [-0.05, 0) is 11.1 Å². The van der Waals surface area contributed by atoms with Crippen molar-refractivity contribution < 1.29 is 18.3 Å². The van der Waals surface area contributed by atoms with Crippen LogP contribution in [-0.4, -0.2) is 37.5 Å². The van der Waals surface area contributed by atoms with Crippen molar-refractivity contribution in [2.24, 2.45) is 0 Å². The van der Waals surface area contributed by atoms with Gasteiger partial charge >= 0.3 is 0 Å². The third-order valence-corrected chi connectivity index (χ3v) is 4.17. The van der Waals surface area contributed by atoms with E-state index in [1.54, 1.807) is 0 Å². The molecule has 0 saturated carbocycles. The molecule has 1 aliphatic carbocycles. The minimum absolute atomic E-state index is 0.0791. The summed E-state index contributed by atoms with van der Waals surface area (Å²) in [4.78, 5) is 11.7. The first kappa shape index (κ1) is 14.0. The van der Waals surface area contributed by atoms with Gasteiger partial charge in [0.2, 0.25) is 5.91 Å². The molecule has 104 valence electrons. The smallest absolute Gasteiger partial charge is 0.221 e. The zero-order chi connectivity index (χ0) is 14.0. The van der Waals surface area contributed by atoms with E-state index in [2.05, 4.69) is 5.32 Å². The maximum absolute atomic E-state index is 11.7. The number of carbonyl (C=O) groups is 1. The molecule has 2 N–H and O–H groups in total. The number of amides is 1. The molecule has 0 aliphatic heterocycles. The van der Waals surface area contributed by atoms with E-state index in [4.69, 9.17) is 0 Å². The Hall–Kier alpha value is -1.40. The molecule has 0 spiro atoms. The Bertz CT molecular complexity index is 582. The Balaban J connectivity index is 2.02. The van der Waals surface area contributed by atoms with E-state index < -0.39 is 22.0 Å². The predicted molar refractivity (Wildman–Crippen MR) is 71.4 cm³/mol. The van der Waals surface area contributed by atoms with Gasteiger partial charge in [0.05, 0.1) is 17.9 Å². The van der Waals surface area contributed by atoms with Crippen LogP contribution in [-0.2, 0) is 21.1 Å². The minimum atomic E-state index is -3.15. The summed E-state index contributed by atoms with van der Waals surface area (Å²) in [5, 5.41) is 12.7. The maximum Gasteiger partial charge on any atom is 0.221 e. The van der Waals surface area contributed by atoms with Crippen LogP contribution in [0.25, 0.3) is 0 Å². The summed E-state index contributed by atoms with van der Waals surface area (Å²) < 4.78 is 22.0. The first-order valence-corrected chi connectivity index (χ1v) is 8.16. The fraction of sp³-hybridized carbons (Fsp3) is 0.462. The molecule has 0 saturated heterocycles. The molecule has 0 bridgehead atoms. The van der Waals surface area contributed by atoms with Gasteiger partial charge in [-0.3, -0.25) is 4.79 Å². The van der Waals surface area contributed by atoms with Gasteiger partial charge in [-0.25, -0.2) is 8.42 Å². The minimum Gasteiger partial charge on any atom is -0.390 e. The highest BCUT2D eigenvalue weighted by Crippen LogP contribution is 2.31. The van der Waals surface area contributed by atoms with Crippen molar-refractivity contribution in [2.45, 2.75) is 25.0 Å². The van der Waals surface area contributed by atoms with Crippen molar-refractivity contribution in [1.29, 1.82) is 0 Å². The molecule has 0 aromatic heterocycles. The van der Waals surface area contributed by atoms with Crippen LogP contribution in [0, 0.1) is 0 Å². The zero-order valence-corrected chi connectivity index (χ0v) is 11.5. The summed E-state index contributed by atoms with van der Waals surface area (Å²) in [6.45, 7) is 0. The molecule has 6 heteroatoms. The number of benzene rings is 1. The van der Waals surface area contributed by atoms with E-state index >= 15 is 0 Å². The van der Waals surface area contributed by atoms with E-state index in [9.17, 15) is 18.3 Å². The molecular formula is C13H17NO4S. The van der Waals surface area contributed by atoms with Crippen LogP contribution < -0.4 is 5.32 Å². The Labute approximate surface area is 112 Å². The molecular weight excluding hydrogens is 266 g/mol. The second-order valence-electron chi connectivity index (χ2n) is 4.90. The van der Waals surface area contributed by atoms with Crippen molar-refractivity contribution in [1.82, 2.24) is 5.32 Å². The highest BCUT2D eigenvalue weighted by atomic mass is 32.2. The molecule has 0 fully saturated rings. The average Bonchev–Trinajstić information content (AvgIpc) is 2.63. The second kappa shape index (κ2) is 5.30. The molecule has 2 atom stereocenters. The van der Waals surface area contributed by atoms with Crippen LogP contribution in [0.15, 0.2) is 24.3 Å². The Morgan fingerprint density at radius 3 is 2.79 bits per heavy atom. The van der Waals surface area contributed by atoms with Crippen molar-refractivity contribution in [3.05, 3.63) is 35.4 Å². The number of rotatable bonds is 4. The van der Waals surface area contributed by atoms with Crippen LogP contribution in [0.4, 0.5) is 0 Å². The largest absolute Gasteiger partial charge is 0.390 e. The van der Waals surface area contributed by atoms with Gasteiger partial charge in [-0.2, -0.15) is 0 Å². The van der Waals surface area contributed by atoms with E-state index in [1.165, 1.54) is 0 Å². The molecule has 2 unspecified atom stereocenters. The summed E-state index contributed by atoms with van der Waals surface area (Å²) in [7, 11) is -3.15. The maximum atomic E-state index is 11.7. The van der Waals surface area contributed by atoms with Gasteiger partial charge in [-0.15, -0.1) is 0 Å². The molecule has 19 heavy (non-hydrogen) atoms. The Morgan fingerprint density at radius 1 is 1.42 bits per heavy atom. The normalized spacial score (nSPS) is 22.0. The summed E-state index contributed by atoms with van der Waals surface area (Å²) in [5.74, 6) is -0.533. The van der Waals surface area contributed by atoms with Crippen molar-refractivity contribution in [2.75, 3.05) is 12.0 Å². The number of aliphatic hydroxyl groups excluding tert-OH is 1. The van der Waals surface area contributed by atoms with Gasteiger partial charge in [-0.1, -0.05) is 24.3 Å². The Kier molecular flexibility index (Phi) is 3.91. The third-order valence-electron chi connectivity index (χ3n) is 3.22. The standard InChI is InChI=1S/C13H17NO4S/c1-19(17,18)7-6-12(16)14-13-10-5-3-2-4-9(10)8-11(13)15/h2-5,11,13,15H,6-8H2,1H3,(H,14,16). The SMILES string of the molecule is CS(=O)(=O)CCC(=O)NC1c2ccccc2CC1O. The lowest BCUT2D eigenvalue weighted by Gasteiger charge is -2.17. The predicted octanol–water partition coefficient (Wildman–Crippen LogP) is 0.196. The quantitative estimate of drug-likeness (QED) is 0.826. The summed E-state index contributed by atoms with van der Waals surface area (Å²) in [6, 6.07) is 7.09. The number of nitrogens with one attached hydrogen (secondary N) is 1. The summed E-state index contributed by atoms with van der Waals surface area (Å²) in [5.41, 5.74) is 1.92. The summed E-state index contributed by atoms with van der Waals surface area (Å²) in [6.07, 6.45) is 0.872. The van der Waals surface area contributed by atoms with Gasteiger partial charge in [0.1, 0.15) is 9.84 Å². The number of carbonyl (C=O) groups excluding carboxylic acids is 1. The fourth-order valence-electron chi connectivity index (χ4n) is 2.27. The number of fused-ring (bicyclic) bond motifs is 1. The van der Waals surface area contributed by atoms with Gasteiger partial charge < -0.3 is 10.4 Å². The van der Waals surface area contributed by atoms with Crippen LogP contribution in [0.5, 0.6) is 0 Å². The molecule has 5 nitrogen and oxygen atoms in total. The van der Waals surface area contributed by atoms with Gasteiger partial charge in [0.15, 0.2) is 0 Å². The molecule has 1 aromatic carbocycles. The number of sulfone groups is 1. The monoisotopic (exact) mass is 283 g/mol. The lowest BCUT2D eigenvalue weighted by Crippen LogP contribution is -2.34. The van der Waals surface area contributed by atoms with Crippen molar-refractivity contribution >= 4 is 15.7 Å². The molecule has 0 heterocycles. The van der Waals surface area contributed by atoms with Crippen LogP contribution >= 0.6 is 0 Å². The number of hydrogen-bond acceptors (Lipinski definition) is 4. The van der Waals surface area contributed by atoms with Crippen molar-refractivity contribution in [3.8, 4) is 0 Å². The lowest BCUT2D eigenvalue weighted by molar-refractivity contribution is -0.122. The van der Waals surface area contributed by atoms with E-state index in [0.29, 0.717) is 6.42 Å². The Morgan fingerprint density at radius 2 is 2.11 bits per heavy atom. The van der Waals surface area contributed by atoms with Crippen LogP contribution in [0.3, 0.4) is 0 Å². The molecule has 2 rings (SSSR count). The first-order valence-electron chi connectivity index (χ1n) is 6.10. The highest BCUT2D eigenvalue weighted by Gasteiger charge is 2.31. The molecule has 1 amide bonds. The topological polar surface area (TPSA) is 83.5 Å². The van der Waals surface area contributed by atoms with Gasteiger partial charge in [0.25, 0.3) is 0 Å². The van der Waals surface area contributed by atoms with E-state index in [-0.39, 0.29) is 18.1 Å². The van der Waals surface area contributed by atoms with Crippen molar-refractivity contribution in [3.63, 3.8) is 0 Å². The molecule has 1 aliphatic rings. The van der Waals surface area contributed by atoms with E-state index in [1.807, 2.05) is 24.3 Å². The summed E-state index contributed by atoms with van der Waals surface area (Å²) >= 11 is 0. The lowest BCUT2D eigenvalue weighted by atomic mass is 10.1. The van der Waals surface area contributed by atoms with Crippen LogP contribution in [0.2, 0.25) is 0 Å². The number of hydrogen-bond donors (Lipinski definition) is 2. The van der Waals surface area contributed by atoms with Gasteiger partial charge in [0, 0.05) is 19.1 Å². The van der Waals surface area contributed by atoms with Crippen LogP contribution in [0.1, 0.15) is 23.6 Å². The van der Waals surface area contributed by atoms with E-state index in [0.717, 1.165) is 17.4 Å². The average molecular weight is 283 g/mol. The molecule has 0 radical (unpaired) electrons. The zero-order valence-electron chi connectivity index (χ0n) is 10.7. The fourth-order valence-corrected chi connectivity index (χ4v) is 2.83. The highest BCUT2D eigenvalue weighted by molar-refractivity contribution is 7.90. The second-order valence-corrected chi connectivity index (χ2v) is 7.16. The molecule has 1 aromatic rings. The number of aliphatic hydroxyl groups is 1.